The maximum atomic E-state index is 6.04. The molecule has 0 aliphatic carbocycles. The predicted molar refractivity (Wildman–Crippen MR) is 126 cm³/mol. The molecule has 3 heterocycles. The molecule has 174 valence electrons. The summed E-state index contributed by atoms with van der Waals surface area (Å²) in [4.78, 5) is 10.00. The summed E-state index contributed by atoms with van der Waals surface area (Å²) < 4.78 is 13.2. The number of nitrogens with one attached hydrogen (secondary N) is 1. The van der Waals surface area contributed by atoms with Crippen LogP contribution in [-0.4, -0.2) is 78.5 Å². The van der Waals surface area contributed by atoms with E-state index in [1.807, 2.05) is 36.3 Å². The molecule has 0 bridgehead atoms. The number of hydrogen-bond acceptors (Lipinski definition) is 5. The molecule has 1 aromatic carbocycles. The lowest BCUT2D eigenvalue weighted by Gasteiger charge is -2.35. The van der Waals surface area contributed by atoms with Gasteiger partial charge in [-0.05, 0) is 50.6 Å². The molecule has 1 aromatic heterocycles. The second kappa shape index (κ2) is 10.8. The summed E-state index contributed by atoms with van der Waals surface area (Å²) >= 11 is 0. The Labute approximate surface area is 191 Å². The van der Waals surface area contributed by atoms with Crippen molar-refractivity contribution in [2.24, 2.45) is 12.0 Å². The van der Waals surface area contributed by atoms with Gasteiger partial charge >= 0.3 is 0 Å². The standard InChI is InChI=1S/C24H36N6O2/c1-4-25-24(30-13-14-32-23(18-30)20-15-27-28(2)17-20)26-16-22(29-11-5-6-12-29)19-7-9-21(31-3)10-8-19/h7-10,15,17,22-23H,4-6,11-14,16,18H2,1-3H3,(H,25,26). The van der Waals surface area contributed by atoms with Gasteiger partial charge in [0.05, 0.1) is 39.0 Å². The van der Waals surface area contributed by atoms with E-state index in [0.717, 1.165) is 56.5 Å². The molecule has 2 aromatic rings. The number of guanidine groups is 1. The molecule has 0 amide bonds. The van der Waals surface area contributed by atoms with Crippen LogP contribution >= 0.6 is 0 Å². The summed E-state index contributed by atoms with van der Waals surface area (Å²) in [5, 5.41) is 7.81. The van der Waals surface area contributed by atoms with E-state index in [1.54, 1.807) is 7.11 Å². The molecule has 2 saturated heterocycles. The van der Waals surface area contributed by atoms with Crippen LogP contribution in [0.5, 0.6) is 5.75 Å². The van der Waals surface area contributed by atoms with Crippen molar-refractivity contribution in [2.75, 3.05) is 53.0 Å². The van der Waals surface area contributed by atoms with E-state index in [9.17, 15) is 0 Å². The van der Waals surface area contributed by atoms with Crippen molar-refractivity contribution in [3.63, 3.8) is 0 Å². The van der Waals surface area contributed by atoms with E-state index in [0.29, 0.717) is 6.61 Å². The minimum absolute atomic E-state index is 0.0114. The highest BCUT2D eigenvalue weighted by Crippen LogP contribution is 2.27. The predicted octanol–water partition coefficient (Wildman–Crippen LogP) is 2.60. The lowest BCUT2D eigenvalue weighted by molar-refractivity contribution is -0.00808. The van der Waals surface area contributed by atoms with Crippen molar-refractivity contribution in [1.29, 1.82) is 0 Å². The van der Waals surface area contributed by atoms with Crippen LogP contribution in [0.1, 0.15) is 43.0 Å². The zero-order valence-electron chi connectivity index (χ0n) is 19.5. The molecular formula is C24H36N6O2. The fourth-order valence-corrected chi connectivity index (χ4v) is 4.56. The second-order valence-corrected chi connectivity index (χ2v) is 8.48. The van der Waals surface area contributed by atoms with Crippen LogP contribution in [0.3, 0.4) is 0 Å². The number of morpholine rings is 1. The number of methoxy groups -OCH3 is 1. The Bertz CT molecular complexity index is 875. The summed E-state index contributed by atoms with van der Waals surface area (Å²) in [5.74, 6) is 1.85. The van der Waals surface area contributed by atoms with Crippen LogP contribution in [0.25, 0.3) is 0 Å². The Morgan fingerprint density at radius 1 is 1.25 bits per heavy atom. The van der Waals surface area contributed by atoms with Crippen LogP contribution in [-0.2, 0) is 11.8 Å². The molecule has 32 heavy (non-hydrogen) atoms. The second-order valence-electron chi connectivity index (χ2n) is 8.48. The third-order valence-corrected chi connectivity index (χ3v) is 6.29. The van der Waals surface area contributed by atoms with Crippen LogP contribution in [0.15, 0.2) is 41.7 Å². The number of ether oxygens (including phenoxy) is 2. The van der Waals surface area contributed by atoms with Crippen molar-refractivity contribution >= 4 is 5.96 Å². The number of aromatic nitrogens is 2. The van der Waals surface area contributed by atoms with Crippen LogP contribution in [0.2, 0.25) is 0 Å². The van der Waals surface area contributed by atoms with E-state index >= 15 is 0 Å². The average molecular weight is 441 g/mol. The van der Waals surface area contributed by atoms with Gasteiger partial charge in [-0.3, -0.25) is 14.6 Å². The highest BCUT2D eigenvalue weighted by atomic mass is 16.5. The Morgan fingerprint density at radius 3 is 2.69 bits per heavy atom. The van der Waals surface area contributed by atoms with Gasteiger partial charge in [-0.25, -0.2) is 0 Å². The number of aryl methyl sites for hydroxylation is 1. The highest BCUT2D eigenvalue weighted by Gasteiger charge is 2.27. The summed E-state index contributed by atoms with van der Waals surface area (Å²) in [7, 11) is 3.65. The monoisotopic (exact) mass is 440 g/mol. The smallest absolute Gasteiger partial charge is 0.194 e. The number of hydrogen-bond donors (Lipinski definition) is 1. The van der Waals surface area contributed by atoms with Crippen molar-refractivity contribution in [3.8, 4) is 5.75 Å². The third kappa shape index (κ3) is 5.42. The highest BCUT2D eigenvalue weighted by molar-refractivity contribution is 5.80. The van der Waals surface area contributed by atoms with Gasteiger partial charge in [0, 0.05) is 31.9 Å². The fourth-order valence-electron chi connectivity index (χ4n) is 4.56. The average Bonchev–Trinajstić information content (AvgIpc) is 3.51. The van der Waals surface area contributed by atoms with Gasteiger partial charge in [-0.1, -0.05) is 12.1 Å². The molecule has 2 unspecified atom stereocenters. The van der Waals surface area contributed by atoms with E-state index < -0.39 is 0 Å². The molecule has 1 N–H and O–H groups in total. The van der Waals surface area contributed by atoms with Gasteiger partial charge in [-0.15, -0.1) is 0 Å². The molecule has 2 aliphatic rings. The SMILES string of the molecule is CCNC(=NCC(c1ccc(OC)cc1)N1CCCC1)N1CCOC(c2cnn(C)c2)C1. The Morgan fingerprint density at radius 2 is 2.03 bits per heavy atom. The first kappa shape index (κ1) is 22.6. The maximum absolute atomic E-state index is 6.04. The number of likely N-dealkylation sites (tertiary alicyclic amines) is 1. The van der Waals surface area contributed by atoms with Crippen molar-refractivity contribution in [1.82, 2.24) is 24.9 Å². The molecule has 0 radical (unpaired) electrons. The Hall–Kier alpha value is -2.58. The van der Waals surface area contributed by atoms with Crippen LogP contribution < -0.4 is 10.1 Å². The number of nitrogens with zero attached hydrogens (tertiary/aromatic N) is 5. The lowest BCUT2D eigenvalue weighted by Crippen LogP contribution is -2.48. The molecule has 2 atom stereocenters. The minimum atomic E-state index is 0.0114. The fraction of sp³-hybridized carbons (Fsp3) is 0.583. The third-order valence-electron chi connectivity index (χ3n) is 6.29. The van der Waals surface area contributed by atoms with Gasteiger partial charge in [0.25, 0.3) is 0 Å². The lowest BCUT2D eigenvalue weighted by atomic mass is 10.1. The van der Waals surface area contributed by atoms with E-state index in [-0.39, 0.29) is 12.1 Å². The van der Waals surface area contributed by atoms with Gasteiger partial charge in [-0.2, -0.15) is 5.10 Å². The number of aliphatic imine (C=N–C) groups is 1. The summed E-state index contributed by atoms with van der Waals surface area (Å²) in [6, 6.07) is 8.73. The van der Waals surface area contributed by atoms with Crippen molar-refractivity contribution < 1.29 is 9.47 Å². The van der Waals surface area contributed by atoms with Gasteiger partial charge < -0.3 is 19.7 Å². The summed E-state index contributed by atoms with van der Waals surface area (Å²) in [6.45, 7) is 8.23. The van der Waals surface area contributed by atoms with Gasteiger partial charge in [0.1, 0.15) is 11.9 Å². The van der Waals surface area contributed by atoms with Gasteiger partial charge in [0.15, 0.2) is 5.96 Å². The summed E-state index contributed by atoms with van der Waals surface area (Å²) in [5.41, 5.74) is 2.41. The van der Waals surface area contributed by atoms with Crippen LogP contribution in [0.4, 0.5) is 0 Å². The van der Waals surface area contributed by atoms with E-state index in [1.165, 1.54) is 18.4 Å². The molecular weight excluding hydrogens is 404 g/mol. The number of rotatable bonds is 7. The van der Waals surface area contributed by atoms with Crippen molar-refractivity contribution in [2.45, 2.75) is 31.9 Å². The molecule has 4 rings (SSSR count). The zero-order valence-corrected chi connectivity index (χ0v) is 19.5. The number of benzene rings is 1. The van der Waals surface area contributed by atoms with E-state index in [4.69, 9.17) is 14.5 Å². The molecule has 8 nitrogen and oxygen atoms in total. The first-order valence-electron chi connectivity index (χ1n) is 11.7. The zero-order chi connectivity index (χ0) is 22.3. The molecule has 2 aliphatic heterocycles. The quantitative estimate of drug-likeness (QED) is 0.527. The summed E-state index contributed by atoms with van der Waals surface area (Å²) in [6.07, 6.45) is 6.45. The Kier molecular flexibility index (Phi) is 7.65. The largest absolute Gasteiger partial charge is 0.497 e. The first-order chi connectivity index (χ1) is 15.7. The minimum Gasteiger partial charge on any atom is -0.497 e. The molecule has 8 heteroatoms. The molecule has 0 spiro atoms. The van der Waals surface area contributed by atoms with E-state index in [2.05, 4.69) is 39.3 Å². The van der Waals surface area contributed by atoms with Gasteiger partial charge in [0.2, 0.25) is 0 Å². The van der Waals surface area contributed by atoms with Crippen molar-refractivity contribution in [3.05, 3.63) is 47.8 Å². The first-order valence-corrected chi connectivity index (χ1v) is 11.7. The molecule has 0 saturated carbocycles. The normalized spacial score (nSPS) is 21.0. The van der Waals surface area contributed by atoms with Crippen LogP contribution in [0, 0.1) is 0 Å². The molecule has 2 fully saturated rings. The Balaban J connectivity index is 1.51. The topological polar surface area (TPSA) is 67.2 Å². The maximum Gasteiger partial charge on any atom is 0.194 e.